The molecule has 0 aliphatic heterocycles. The minimum atomic E-state index is -0.644. The van der Waals surface area contributed by atoms with Crippen molar-refractivity contribution in [3.63, 3.8) is 0 Å². The summed E-state index contributed by atoms with van der Waals surface area (Å²) in [7, 11) is 0. The first kappa shape index (κ1) is 16.2. The van der Waals surface area contributed by atoms with Crippen LogP contribution in [0.2, 0.25) is 0 Å². The zero-order valence-electron chi connectivity index (χ0n) is 13.1. The average Bonchev–Trinajstić information content (AvgIpc) is 2.61. The van der Waals surface area contributed by atoms with E-state index >= 15 is 0 Å². The van der Waals surface area contributed by atoms with E-state index in [2.05, 4.69) is 11.4 Å². The topological polar surface area (TPSA) is 55.4 Å². The smallest absolute Gasteiger partial charge is 0.338 e. The van der Waals surface area contributed by atoms with Gasteiger partial charge in [0.05, 0.1) is 11.6 Å². The van der Waals surface area contributed by atoms with Crippen LogP contribution in [0.3, 0.4) is 0 Å². The Morgan fingerprint density at radius 3 is 2.67 bits per heavy atom. The van der Waals surface area contributed by atoms with Gasteiger partial charge < -0.3 is 10.1 Å². The number of hydrogen-bond acceptors (Lipinski definition) is 3. The van der Waals surface area contributed by atoms with Gasteiger partial charge in [0.25, 0.3) is 5.91 Å². The van der Waals surface area contributed by atoms with Gasteiger partial charge in [0.15, 0.2) is 6.61 Å². The first-order valence-electron chi connectivity index (χ1n) is 7.93. The number of ether oxygens (including phenoxy) is 1. The van der Waals surface area contributed by atoms with Gasteiger partial charge in [-0.15, -0.1) is 0 Å². The van der Waals surface area contributed by atoms with Crippen LogP contribution in [-0.2, 0) is 16.0 Å². The molecule has 24 heavy (non-hydrogen) atoms. The number of amides is 1. The number of fused-ring (bicyclic) bond motifs is 1. The Bertz CT molecular complexity index is 743. The van der Waals surface area contributed by atoms with Gasteiger partial charge in [0.1, 0.15) is 5.82 Å². The van der Waals surface area contributed by atoms with Crippen molar-refractivity contribution < 1.29 is 18.7 Å². The number of benzene rings is 2. The molecule has 0 saturated carbocycles. The van der Waals surface area contributed by atoms with Crippen LogP contribution in [-0.4, -0.2) is 18.5 Å². The van der Waals surface area contributed by atoms with Gasteiger partial charge in [-0.25, -0.2) is 9.18 Å². The fourth-order valence-electron chi connectivity index (χ4n) is 2.94. The van der Waals surface area contributed by atoms with Gasteiger partial charge >= 0.3 is 5.97 Å². The van der Waals surface area contributed by atoms with Crippen molar-refractivity contribution in [2.24, 2.45) is 0 Å². The standard InChI is InChI=1S/C19H18FNO3/c20-15-10-8-14(9-11-15)19(23)24-12-18(22)21-17-7-3-5-13-4-1-2-6-16(13)17/h1-2,4,6,8-11,17H,3,5,7,12H2,(H,21,22)/t17-/m0/s1. The summed E-state index contributed by atoms with van der Waals surface area (Å²) < 4.78 is 17.8. The van der Waals surface area contributed by atoms with E-state index in [0.717, 1.165) is 24.8 Å². The van der Waals surface area contributed by atoms with Gasteiger partial charge in [-0.1, -0.05) is 24.3 Å². The molecule has 4 nitrogen and oxygen atoms in total. The van der Waals surface area contributed by atoms with E-state index < -0.39 is 11.8 Å². The largest absolute Gasteiger partial charge is 0.452 e. The Balaban J connectivity index is 1.55. The summed E-state index contributed by atoms with van der Waals surface area (Å²) in [5.74, 6) is -1.42. The maximum absolute atomic E-state index is 12.8. The van der Waals surface area contributed by atoms with Gasteiger partial charge in [0, 0.05) is 0 Å². The predicted octanol–water partition coefficient (Wildman–Crippen LogP) is 3.18. The van der Waals surface area contributed by atoms with Gasteiger partial charge in [0.2, 0.25) is 0 Å². The first-order valence-corrected chi connectivity index (χ1v) is 7.93. The van der Waals surface area contributed by atoms with E-state index in [0.29, 0.717) is 0 Å². The van der Waals surface area contributed by atoms with Gasteiger partial charge in [-0.05, 0) is 54.7 Å². The molecule has 1 atom stereocenters. The van der Waals surface area contributed by atoms with Crippen molar-refractivity contribution in [3.05, 3.63) is 71.0 Å². The molecule has 0 spiro atoms. The third-order valence-electron chi connectivity index (χ3n) is 4.12. The van der Waals surface area contributed by atoms with E-state index in [4.69, 9.17) is 4.74 Å². The maximum atomic E-state index is 12.8. The van der Waals surface area contributed by atoms with Crippen LogP contribution in [0.1, 0.15) is 40.4 Å². The SMILES string of the molecule is O=C(COC(=O)c1ccc(F)cc1)N[C@H]1CCCc2ccccc21. The van der Waals surface area contributed by atoms with Crippen LogP contribution < -0.4 is 5.32 Å². The summed E-state index contributed by atoms with van der Waals surface area (Å²) in [6.07, 6.45) is 2.90. The van der Waals surface area contributed by atoms with Crippen molar-refractivity contribution in [3.8, 4) is 0 Å². The third-order valence-corrected chi connectivity index (χ3v) is 4.12. The quantitative estimate of drug-likeness (QED) is 0.878. The monoisotopic (exact) mass is 327 g/mol. The molecule has 1 amide bonds. The second-order valence-corrected chi connectivity index (χ2v) is 5.79. The molecule has 2 aromatic rings. The normalized spacial score (nSPS) is 16.1. The highest BCUT2D eigenvalue weighted by molar-refractivity contribution is 5.91. The van der Waals surface area contributed by atoms with Crippen LogP contribution in [0.5, 0.6) is 0 Å². The highest BCUT2D eigenvalue weighted by atomic mass is 19.1. The molecule has 0 radical (unpaired) electrons. The Kier molecular flexibility index (Phi) is 4.89. The molecule has 1 aliphatic rings. The second-order valence-electron chi connectivity index (χ2n) is 5.79. The number of esters is 1. The van der Waals surface area contributed by atoms with Crippen LogP contribution in [0, 0.1) is 5.82 Å². The first-order chi connectivity index (χ1) is 11.6. The third kappa shape index (κ3) is 3.79. The molecule has 0 aromatic heterocycles. The lowest BCUT2D eigenvalue weighted by Gasteiger charge is -2.26. The molecule has 124 valence electrons. The van der Waals surface area contributed by atoms with Crippen molar-refractivity contribution >= 4 is 11.9 Å². The molecular weight excluding hydrogens is 309 g/mol. The number of halogens is 1. The summed E-state index contributed by atoms with van der Waals surface area (Å²) in [6, 6.07) is 13.0. The van der Waals surface area contributed by atoms with E-state index in [9.17, 15) is 14.0 Å². The average molecular weight is 327 g/mol. The summed E-state index contributed by atoms with van der Waals surface area (Å²) in [4.78, 5) is 23.9. The summed E-state index contributed by atoms with van der Waals surface area (Å²) >= 11 is 0. The molecule has 0 bridgehead atoms. The molecular formula is C19H18FNO3. The number of rotatable bonds is 4. The summed E-state index contributed by atoms with van der Waals surface area (Å²) in [5, 5.41) is 2.91. The summed E-state index contributed by atoms with van der Waals surface area (Å²) in [5.41, 5.74) is 2.59. The molecule has 2 aromatic carbocycles. The van der Waals surface area contributed by atoms with Gasteiger partial charge in [-0.2, -0.15) is 0 Å². The molecule has 1 aliphatic carbocycles. The maximum Gasteiger partial charge on any atom is 0.338 e. The fourth-order valence-corrected chi connectivity index (χ4v) is 2.94. The minimum absolute atomic E-state index is 0.0491. The highest BCUT2D eigenvalue weighted by Gasteiger charge is 2.21. The molecule has 0 saturated heterocycles. The Morgan fingerprint density at radius 2 is 1.88 bits per heavy atom. The zero-order chi connectivity index (χ0) is 16.9. The lowest BCUT2D eigenvalue weighted by molar-refractivity contribution is -0.125. The van der Waals surface area contributed by atoms with Crippen LogP contribution in [0.25, 0.3) is 0 Å². The number of hydrogen-bond donors (Lipinski definition) is 1. The fraction of sp³-hybridized carbons (Fsp3) is 0.263. The van der Waals surface area contributed by atoms with Crippen molar-refractivity contribution in [1.82, 2.24) is 5.32 Å². The van der Waals surface area contributed by atoms with E-state index in [1.54, 1.807) is 0 Å². The van der Waals surface area contributed by atoms with E-state index in [1.807, 2.05) is 18.2 Å². The van der Waals surface area contributed by atoms with Crippen LogP contribution in [0.15, 0.2) is 48.5 Å². The molecule has 0 unspecified atom stereocenters. The number of carbonyl (C=O) groups is 2. The van der Waals surface area contributed by atoms with Crippen molar-refractivity contribution in [2.75, 3.05) is 6.61 Å². The van der Waals surface area contributed by atoms with Crippen LogP contribution >= 0.6 is 0 Å². The predicted molar refractivity (Wildman–Crippen MR) is 86.9 cm³/mol. The Labute approximate surface area is 139 Å². The van der Waals surface area contributed by atoms with E-state index in [-0.39, 0.29) is 24.1 Å². The summed E-state index contributed by atoms with van der Waals surface area (Å²) in [6.45, 7) is -0.352. The number of carbonyl (C=O) groups excluding carboxylic acids is 2. The molecule has 3 rings (SSSR count). The molecule has 0 fully saturated rings. The minimum Gasteiger partial charge on any atom is -0.452 e. The molecule has 5 heteroatoms. The lowest BCUT2D eigenvalue weighted by atomic mass is 9.88. The Morgan fingerprint density at radius 1 is 1.12 bits per heavy atom. The lowest BCUT2D eigenvalue weighted by Crippen LogP contribution is -2.34. The van der Waals surface area contributed by atoms with Crippen molar-refractivity contribution in [1.29, 1.82) is 0 Å². The van der Waals surface area contributed by atoms with E-state index in [1.165, 1.54) is 29.8 Å². The molecule has 0 heterocycles. The van der Waals surface area contributed by atoms with Gasteiger partial charge in [-0.3, -0.25) is 4.79 Å². The number of aryl methyl sites for hydroxylation is 1. The second kappa shape index (κ2) is 7.25. The molecule has 1 N–H and O–H groups in total. The van der Waals surface area contributed by atoms with Crippen LogP contribution in [0.4, 0.5) is 4.39 Å². The Hall–Kier alpha value is -2.69. The highest BCUT2D eigenvalue weighted by Crippen LogP contribution is 2.29. The number of nitrogens with one attached hydrogen (secondary N) is 1. The van der Waals surface area contributed by atoms with Crippen molar-refractivity contribution in [2.45, 2.75) is 25.3 Å². The zero-order valence-corrected chi connectivity index (χ0v) is 13.1.